The van der Waals surface area contributed by atoms with E-state index >= 15 is 0 Å². The molecule has 0 N–H and O–H groups in total. The van der Waals surface area contributed by atoms with Gasteiger partial charge in [0.1, 0.15) is 5.82 Å². The Balaban J connectivity index is 1.84. The average molecular weight is 308 g/mol. The molecule has 2 aliphatic rings. The van der Waals surface area contributed by atoms with E-state index in [2.05, 4.69) is 23.7 Å². The molecule has 5 heteroatoms. The van der Waals surface area contributed by atoms with Gasteiger partial charge in [0.15, 0.2) is 9.84 Å². The largest absolute Gasteiger partial charge is 0.352 e. The molecule has 4 nitrogen and oxygen atoms in total. The topological polar surface area (TPSA) is 50.3 Å². The lowest BCUT2D eigenvalue weighted by Gasteiger charge is -2.59. The third kappa shape index (κ3) is 2.45. The molecule has 1 aromatic heterocycles. The van der Waals surface area contributed by atoms with Crippen molar-refractivity contribution in [1.82, 2.24) is 4.98 Å². The normalized spacial score (nSPS) is 24.6. The van der Waals surface area contributed by atoms with Crippen LogP contribution in [0.1, 0.15) is 39.5 Å². The third-order valence-corrected chi connectivity index (χ3v) is 6.22. The fourth-order valence-electron chi connectivity index (χ4n) is 4.33. The number of hydrogen-bond acceptors (Lipinski definition) is 4. The van der Waals surface area contributed by atoms with E-state index in [1.54, 1.807) is 6.07 Å². The van der Waals surface area contributed by atoms with E-state index in [9.17, 15) is 8.42 Å². The number of rotatable bonds is 3. The number of aromatic nitrogens is 1. The van der Waals surface area contributed by atoms with Gasteiger partial charge in [0.2, 0.25) is 0 Å². The van der Waals surface area contributed by atoms with E-state index in [-0.39, 0.29) is 0 Å². The van der Waals surface area contributed by atoms with Crippen molar-refractivity contribution in [2.45, 2.75) is 50.5 Å². The van der Waals surface area contributed by atoms with E-state index in [1.807, 2.05) is 6.07 Å². The minimum atomic E-state index is -3.17. The summed E-state index contributed by atoms with van der Waals surface area (Å²) in [5.74, 6) is 1.51. The van der Waals surface area contributed by atoms with E-state index < -0.39 is 9.84 Å². The molecule has 2 heterocycles. The minimum absolute atomic E-state index is 0.295. The summed E-state index contributed by atoms with van der Waals surface area (Å²) in [6, 6.07) is 4.07. The molecule has 116 valence electrons. The van der Waals surface area contributed by atoms with Crippen LogP contribution in [-0.2, 0) is 9.84 Å². The van der Waals surface area contributed by atoms with Crippen LogP contribution in [-0.4, -0.2) is 32.2 Å². The molecule has 1 unspecified atom stereocenters. The zero-order chi connectivity index (χ0) is 15.3. The van der Waals surface area contributed by atoms with Gasteiger partial charge >= 0.3 is 0 Å². The fourth-order valence-corrected chi connectivity index (χ4v) is 4.89. The molecule has 0 bridgehead atoms. The molecule has 1 atom stereocenters. The van der Waals surface area contributed by atoms with Crippen LogP contribution >= 0.6 is 0 Å². The smallest absolute Gasteiger partial charge is 0.177 e. The highest BCUT2D eigenvalue weighted by Crippen LogP contribution is 2.53. The van der Waals surface area contributed by atoms with Crippen LogP contribution in [0.4, 0.5) is 5.82 Å². The number of pyridine rings is 1. The third-order valence-electron chi connectivity index (χ3n) is 5.12. The summed E-state index contributed by atoms with van der Waals surface area (Å²) < 4.78 is 23.0. The van der Waals surface area contributed by atoms with Crippen molar-refractivity contribution in [3.63, 3.8) is 0 Å². The van der Waals surface area contributed by atoms with Gasteiger partial charge < -0.3 is 4.90 Å². The molecule has 21 heavy (non-hydrogen) atoms. The van der Waals surface area contributed by atoms with Gasteiger partial charge in [0, 0.05) is 30.5 Å². The van der Waals surface area contributed by atoms with Gasteiger partial charge in [-0.2, -0.15) is 0 Å². The highest BCUT2D eigenvalue weighted by Gasteiger charge is 2.54. The van der Waals surface area contributed by atoms with Crippen molar-refractivity contribution in [2.24, 2.45) is 11.3 Å². The fraction of sp³-hybridized carbons (Fsp3) is 0.688. The maximum Gasteiger partial charge on any atom is 0.177 e. The molecule has 1 spiro atoms. The summed E-state index contributed by atoms with van der Waals surface area (Å²) >= 11 is 0. The maximum absolute atomic E-state index is 11.5. The van der Waals surface area contributed by atoms with Crippen molar-refractivity contribution < 1.29 is 8.42 Å². The van der Waals surface area contributed by atoms with Crippen LogP contribution in [0.5, 0.6) is 0 Å². The molecule has 1 saturated carbocycles. The number of anilines is 1. The molecule has 1 saturated heterocycles. The summed E-state index contributed by atoms with van der Waals surface area (Å²) in [4.78, 5) is 7.06. The van der Waals surface area contributed by atoms with E-state index in [4.69, 9.17) is 0 Å². The Morgan fingerprint density at radius 3 is 2.43 bits per heavy atom. The minimum Gasteiger partial charge on any atom is -0.352 e. The van der Waals surface area contributed by atoms with Crippen LogP contribution < -0.4 is 4.90 Å². The second-order valence-corrected chi connectivity index (χ2v) is 9.03. The van der Waals surface area contributed by atoms with E-state index in [0.717, 1.165) is 12.4 Å². The summed E-state index contributed by atoms with van der Waals surface area (Å²) in [5, 5.41) is 0. The maximum atomic E-state index is 11.5. The van der Waals surface area contributed by atoms with Crippen LogP contribution in [0, 0.1) is 11.3 Å². The number of nitrogens with zero attached hydrogens (tertiary/aromatic N) is 2. The van der Waals surface area contributed by atoms with Crippen LogP contribution in [0.2, 0.25) is 0 Å². The van der Waals surface area contributed by atoms with Gasteiger partial charge in [-0.25, -0.2) is 13.4 Å². The molecule has 1 aromatic rings. The van der Waals surface area contributed by atoms with Crippen molar-refractivity contribution in [2.75, 3.05) is 17.7 Å². The van der Waals surface area contributed by atoms with E-state index in [1.165, 1.54) is 38.1 Å². The lowest BCUT2D eigenvalue weighted by molar-refractivity contribution is 0.0980. The number of sulfone groups is 1. The molecule has 1 aliphatic carbocycles. The summed E-state index contributed by atoms with van der Waals surface area (Å²) in [6.45, 7) is 5.63. The van der Waals surface area contributed by atoms with Gasteiger partial charge in [-0.1, -0.05) is 26.7 Å². The Hall–Kier alpha value is -1.10. The highest BCUT2D eigenvalue weighted by molar-refractivity contribution is 7.90. The Morgan fingerprint density at radius 1 is 1.29 bits per heavy atom. The Morgan fingerprint density at radius 2 is 1.95 bits per heavy atom. The zero-order valence-electron chi connectivity index (χ0n) is 13.0. The van der Waals surface area contributed by atoms with E-state index in [0.29, 0.717) is 22.3 Å². The Bertz CT molecular complexity index is 616. The lowest BCUT2D eigenvalue weighted by atomic mass is 9.66. The van der Waals surface area contributed by atoms with Crippen molar-refractivity contribution in [3.05, 3.63) is 18.3 Å². The van der Waals surface area contributed by atoms with Crippen molar-refractivity contribution in [1.29, 1.82) is 0 Å². The first kappa shape index (κ1) is 14.8. The van der Waals surface area contributed by atoms with Gasteiger partial charge in [-0.05, 0) is 30.9 Å². The Kier molecular flexibility index (Phi) is 3.51. The first-order valence-corrected chi connectivity index (χ1v) is 9.65. The summed E-state index contributed by atoms with van der Waals surface area (Å²) in [7, 11) is -3.17. The monoisotopic (exact) mass is 308 g/mol. The predicted octanol–water partition coefficient (Wildman–Crippen LogP) is 2.89. The van der Waals surface area contributed by atoms with Crippen LogP contribution in [0.3, 0.4) is 0 Å². The summed E-state index contributed by atoms with van der Waals surface area (Å²) in [5.41, 5.74) is 0.478. The van der Waals surface area contributed by atoms with Crippen LogP contribution in [0.15, 0.2) is 23.2 Å². The van der Waals surface area contributed by atoms with Crippen LogP contribution in [0.25, 0.3) is 0 Å². The first-order chi connectivity index (χ1) is 9.83. The van der Waals surface area contributed by atoms with Crippen molar-refractivity contribution >= 4 is 15.7 Å². The SMILES string of the molecule is CC(C)C1N(c2ccc(S(C)(=O)=O)cn2)CC12CCCC2. The molecule has 3 rings (SSSR count). The lowest BCUT2D eigenvalue weighted by Crippen LogP contribution is -2.66. The quantitative estimate of drug-likeness (QED) is 0.861. The average Bonchev–Trinajstić information content (AvgIpc) is 2.85. The van der Waals surface area contributed by atoms with Gasteiger partial charge in [-0.15, -0.1) is 0 Å². The molecule has 0 radical (unpaired) electrons. The predicted molar refractivity (Wildman–Crippen MR) is 84.2 cm³/mol. The van der Waals surface area contributed by atoms with Gasteiger partial charge in [0.05, 0.1) is 4.90 Å². The van der Waals surface area contributed by atoms with Gasteiger partial charge in [-0.3, -0.25) is 0 Å². The molecule has 1 aliphatic heterocycles. The zero-order valence-corrected chi connectivity index (χ0v) is 13.9. The van der Waals surface area contributed by atoms with Gasteiger partial charge in [0.25, 0.3) is 0 Å². The highest BCUT2D eigenvalue weighted by atomic mass is 32.2. The second kappa shape index (κ2) is 4.97. The van der Waals surface area contributed by atoms with Crippen molar-refractivity contribution in [3.8, 4) is 0 Å². The second-order valence-electron chi connectivity index (χ2n) is 7.01. The Labute approximate surface area is 127 Å². The molecule has 0 amide bonds. The number of hydrogen-bond donors (Lipinski definition) is 0. The first-order valence-electron chi connectivity index (χ1n) is 7.76. The molecular formula is C16H24N2O2S. The summed E-state index contributed by atoms with van der Waals surface area (Å²) in [6.07, 6.45) is 8.05. The standard InChI is InChI=1S/C16H24N2O2S/c1-12(2)15-16(8-4-5-9-16)11-18(15)14-7-6-13(10-17-14)21(3,19)20/h6-7,10,12,15H,4-5,8-9,11H2,1-3H3. The molecular weight excluding hydrogens is 284 g/mol. The molecule has 2 fully saturated rings. The molecule has 0 aromatic carbocycles.